The summed E-state index contributed by atoms with van der Waals surface area (Å²) in [5.41, 5.74) is 1.59. The molecule has 0 saturated carbocycles. The summed E-state index contributed by atoms with van der Waals surface area (Å²) < 4.78 is 5.71. The van der Waals surface area contributed by atoms with E-state index in [1.807, 2.05) is 24.3 Å². The third kappa shape index (κ3) is 4.82. The average Bonchev–Trinajstić information content (AvgIpc) is 2.97. The Morgan fingerprint density at radius 1 is 1.36 bits per heavy atom. The lowest BCUT2D eigenvalue weighted by atomic mass is 9.81. The minimum atomic E-state index is -1.03. The third-order valence-electron chi connectivity index (χ3n) is 4.60. The molecule has 3 N–H and O–H groups in total. The molecule has 0 unspecified atom stereocenters. The van der Waals surface area contributed by atoms with Gasteiger partial charge in [-0.2, -0.15) is 0 Å². The largest absolute Gasteiger partial charge is 0.494 e. The summed E-state index contributed by atoms with van der Waals surface area (Å²) in [5.74, 6) is -2.08. The van der Waals surface area contributed by atoms with Gasteiger partial charge in [0.1, 0.15) is 11.8 Å². The molecule has 136 valence electrons. The van der Waals surface area contributed by atoms with E-state index in [9.17, 15) is 14.7 Å². The standard InChI is InChI=1S/C19H25NO5/c1-3-4-8-25-14-7-5-6-13(9-14)12(2)16-11-20-18(19(23)24)15(16)10-17(21)22/h5-7,9,15-16,18,20H,2-4,8,10-11H2,1H3,(H,21,22)(H,23,24)/t15-,16+,18-/m0/s1. The Morgan fingerprint density at radius 3 is 2.76 bits per heavy atom. The number of nitrogens with one attached hydrogen (secondary N) is 1. The molecule has 1 aromatic rings. The lowest BCUT2D eigenvalue weighted by Gasteiger charge is -2.22. The first kappa shape index (κ1) is 19.0. The Labute approximate surface area is 147 Å². The topological polar surface area (TPSA) is 95.9 Å². The van der Waals surface area contributed by atoms with Gasteiger partial charge in [0.2, 0.25) is 0 Å². The highest BCUT2D eigenvalue weighted by Gasteiger charge is 2.42. The molecule has 0 bridgehead atoms. The molecule has 1 saturated heterocycles. The van der Waals surface area contributed by atoms with Crippen LogP contribution in [0.25, 0.3) is 5.57 Å². The summed E-state index contributed by atoms with van der Waals surface area (Å²) in [6, 6.07) is 6.63. The minimum absolute atomic E-state index is 0.208. The van der Waals surface area contributed by atoms with Crippen molar-refractivity contribution in [2.75, 3.05) is 13.2 Å². The number of unbranched alkanes of at least 4 members (excludes halogenated alkanes) is 1. The summed E-state index contributed by atoms with van der Waals surface area (Å²) in [7, 11) is 0. The number of ether oxygens (including phenoxy) is 1. The maximum absolute atomic E-state index is 11.4. The fourth-order valence-electron chi connectivity index (χ4n) is 3.24. The van der Waals surface area contributed by atoms with Gasteiger partial charge in [0.05, 0.1) is 13.0 Å². The summed E-state index contributed by atoms with van der Waals surface area (Å²) in [5, 5.41) is 21.4. The van der Waals surface area contributed by atoms with E-state index < -0.39 is 23.9 Å². The van der Waals surface area contributed by atoms with Gasteiger partial charge in [-0.1, -0.05) is 32.1 Å². The Bertz CT molecular complexity index is 642. The van der Waals surface area contributed by atoms with Crippen LogP contribution in [0.4, 0.5) is 0 Å². The molecule has 0 amide bonds. The molecule has 1 aliphatic rings. The molecule has 0 aromatic heterocycles. The normalized spacial score (nSPS) is 22.5. The van der Waals surface area contributed by atoms with Gasteiger partial charge in [0, 0.05) is 18.4 Å². The minimum Gasteiger partial charge on any atom is -0.494 e. The zero-order chi connectivity index (χ0) is 18.4. The lowest BCUT2D eigenvalue weighted by Crippen LogP contribution is -2.36. The third-order valence-corrected chi connectivity index (χ3v) is 4.60. The van der Waals surface area contributed by atoms with Crippen molar-refractivity contribution in [1.82, 2.24) is 5.32 Å². The average molecular weight is 347 g/mol. The molecule has 0 radical (unpaired) electrons. The molecule has 6 heteroatoms. The Hall–Kier alpha value is -2.34. The molecule has 0 spiro atoms. The summed E-state index contributed by atoms with van der Waals surface area (Å²) >= 11 is 0. The van der Waals surface area contributed by atoms with E-state index >= 15 is 0 Å². The van der Waals surface area contributed by atoms with Gasteiger partial charge in [0.25, 0.3) is 0 Å². The second-order valence-electron chi connectivity index (χ2n) is 6.35. The van der Waals surface area contributed by atoms with Crippen LogP contribution in [0.2, 0.25) is 0 Å². The van der Waals surface area contributed by atoms with Gasteiger partial charge < -0.3 is 20.3 Å². The number of benzene rings is 1. The molecule has 1 fully saturated rings. The molecule has 3 atom stereocenters. The fraction of sp³-hybridized carbons (Fsp3) is 0.474. The van der Waals surface area contributed by atoms with Gasteiger partial charge in [-0.15, -0.1) is 0 Å². The van der Waals surface area contributed by atoms with Crippen LogP contribution >= 0.6 is 0 Å². The predicted molar refractivity (Wildman–Crippen MR) is 94.5 cm³/mol. The maximum atomic E-state index is 11.4. The number of carboxylic acids is 2. The summed E-state index contributed by atoms with van der Waals surface area (Å²) in [6.45, 7) is 7.24. The number of hydrogen-bond acceptors (Lipinski definition) is 4. The van der Waals surface area contributed by atoms with Crippen LogP contribution < -0.4 is 10.1 Å². The first-order chi connectivity index (χ1) is 11.9. The van der Waals surface area contributed by atoms with Crippen molar-refractivity contribution in [3.8, 4) is 5.75 Å². The van der Waals surface area contributed by atoms with E-state index in [4.69, 9.17) is 9.84 Å². The summed E-state index contributed by atoms with van der Waals surface area (Å²) in [4.78, 5) is 22.6. The van der Waals surface area contributed by atoms with Crippen molar-refractivity contribution >= 4 is 17.5 Å². The molecule has 25 heavy (non-hydrogen) atoms. The number of carbonyl (C=O) groups is 2. The quantitative estimate of drug-likeness (QED) is 0.594. The van der Waals surface area contributed by atoms with Crippen LogP contribution in [-0.4, -0.2) is 41.3 Å². The van der Waals surface area contributed by atoms with Crippen molar-refractivity contribution in [2.45, 2.75) is 32.2 Å². The fourth-order valence-corrected chi connectivity index (χ4v) is 3.24. The van der Waals surface area contributed by atoms with E-state index in [2.05, 4.69) is 18.8 Å². The summed E-state index contributed by atoms with van der Waals surface area (Å²) in [6.07, 6.45) is 1.81. The molecular weight excluding hydrogens is 322 g/mol. The molecule has 6 nitrogen and oxygen atoms in total. The van der Waals surface area contributed by atoms with Gasteiger partial charge in [-0.3, -0.25) is 9.59 Å². The molecule has 1 aliphatic heterocycles. The monoisotopic (exact) mass is 347 g/mol. The SMILES string of the molecule is C=C(c1cccc(OCCCC)c1)[C@H]1CN[C@H](C(=O)O)[C@H]1CC(=O)O. The van der Waals surface area contributed by atoms with Crippen LogP contribution in [0.5, 0.6) is 5.75 Å². The van der Waals surface area contributed by atoms with Crippen LogP contribution in [0.15, 0.2) is 30.8 Å². The van der Waals surface area contributed by atoms with E-state index in [0.29, 0.717) is 13.2 Å². The van der Waals surface area contributed by atoms with Crippen molar-refractivity contribution < 1.29 is 24.5 Å². The zero-order valence-corrected chi connectivity index (χ0v) is 14.4. The number of carboxylic acid groups (broad SMARTS) is 2. The molecule has 0 aliphatic carbocycles. The van der Waals surface area contributed by atoms with E-state index in [1.165, 1.54) is 0 Å². The molecule has 1 heterocycles. The Balaban J connectivity index is 2.16. The van der Waals surface area contributed by atoms with E-state index in [0.717, 1.165) is 29.7 Å². The van der Waals surface area contributed by atoms with Gasteiger partial charge in [-0.25, -0.2) is 0 Å². The predicted octanol–water partition coefficient (Wildman–Crippen LogP) is 2.64. The van der Waals surface area contributed by atoms with Gasteiger partial charge >= 0.3 is 11.9 Å². The van der Waals surface area contributed by atoms with Crippen LogP contribution in [0, 0.1) is 11.8 Å². The van der Waals surface area contributed by atoms with E-state index in [-0.39, 0.29) is 12.3 Å². The van der Waals surface area contributed by atoms with Crippen molar-refractivity contribution in [3.63, 3.8) is 0 Å². The molecule has 2 rings (SSSR count). The second kappa shape index (κ2) is 8.67. The Morgan fingerprint density at radius 2 is 2.12 bits per heavy atom. The van der Waals surface area contributed by atoms with Gasteiger partial charge in [0.15, 0.2) is 0 Å². The maximum Gasteiger partial charge on any atom is 0.321 e. The molecule has 1 aromatic carbocycles. The number of rotatable bonds is 9. The highest BCUT2D eigenvalue weighted by molar-refractivity contribution is 5.78. The molecular formula is C19H25NO5. The van der Waals surface area contributed by atoms with Crippen molar-refractivity contribution in [3.05, 3.63) is 36.4 Å². The highest BCUT2D eigenvalue weighted by Crippen LogP contribution is 2.36. The highest BCUT2D eigenvalue weighted by atomic mass is 16.5. The van der Waals surface area contributed by atoms with Crippen molar-refractivity contribution in [2.24, 2.45) is 11.8 Å². The van der Waals surface area contributed by atoms with Crippen LogP contribution in [0.1, 0.15) is 31.7 Å². The van der Waals surface area contributed by atoms with E-state index in [1.54, 1.807) is 0 Å². The lowest BCUT2D eigenvalue weighted by molar-refractivity contribution is -0.142. The van der Waals surface area contributed by atoms with Crippen LogP contribution in [-0.2, 0) is 9.59 Å². The number of hydrogen-bond donors (Lipinski definition) is 3. The second-order valence-corrected chi connectivity index (χ2v) is 6.35. The van der Waals surface area contributed by atoms with Gasteiger partial charge in [-0.05, 0) is 29.7 Å². The Kier molecular flexibility index (Phi) is 6.58. The number of aliphatic carboxylic acids is 2. The first-order valence-electron chi connectivity index (χ1n) is 8.54. The smallest absolute Gasteiger partial charge is 0.321 e. The first-order valence-corrected chi connectivity index (χ1v) is 8.54. The van der Waals surface area contributed by atoms with Crippen LogP contribution in [0.3, 0.4) is 0 Å². The van der Waals surface area contributed by atoms with Crippen molar-refractivity contribution in [1.29, 1.82) is 0 Å². The zero-order valence-electron chi connectivity index (χ0n) is 14.4.